The lowest BCUT2D eigenvalue weighted by molar-refractivity contribution is -0.136. The molecule has 0 saturated carbocycles. The van der Waals surface area contributed by atoms with Gasteiger partial charge in [0.1, 0.15) is 11.8 Å². The number of ether oxygens (including phenoxy) is 3. The normalized spacial score (nSPS) is 17.6. The molecule has 14 heteroatoms. The minimum Gasteiger partial charge on any atom is -0.483 e. The van der Waals surface area contributed by atoms with Gasteiger partial charge in [0, 0.05) is 39.1 Å². The number of rotatable bonds is 16. The zero-order chi connectivity index (χ0) is 37.2. The van der Waals surface area contributed by atoms with Crippen molar-refractivity contribution in [1.82, 2.24) is 25.3 Å². The van der Waals surface area contributed by atoms with E-state index in [1.807, 2.05) is 17.0 Å². The Hall–Kier alpha value is -5.44. The molecule has 0 aliphatic carbocycles. The lowest BCUT2D eigenvalue weighted by atomic mass is 9.96. The number of carbonyl (C=O) groups is 6. The lowest BCUT2D eigenvalue weighted by Gasteiger charge is -2.39. The molecule has 2 saturated heterocycles. The molecule has 2 N–H and O–H groups in total. The van der Waals surface area contributed by atoms with E-state index < -0.39 is 42.2 Å². The highest BCUT2D eigenvalue weighted by atomic mass is 16.5. The molecule has 3 aromatic rings. The van der Waals surface area contributed by atoms with Gasteiger partial charge in [0.15, 0.2) is 6.61 Å². The first-order valence-corrected chi connectivity index (χ1v) is 17.8. The zero-order valence-electron chi connectivity index (χ0n) is 29.4. The fraction of sp³-hybridized carbons (Fsp3) is 0.385. The molecule has 0 aromatic heterocycles. The Bertz CT molecular complexity index is 1760. The first-order chi connectivity index (χ1) is 25.8. The van der Waals surface area contributed by atoms with E-state index >= 15 is 0 Å². The molecule has 3 aliphatic heterocycles. The van der Waals surface area contributed by atoms with Gasteiger partial charge in [0.2, 0.25) is 17.7 Å². The third kappa shape index (κ3) is 9.14. The van der Waals surface area contributed by atoms with E-state index in [0.717, 1.165) is 18.0 Å². The minimum atomic E-state index is -1.10. The summed E-state index contributed by atoms with van der Waals surface area (Å²) in [4.78, 5) is 80.4. The number of piperidine rings is 1. The predicted molar refractivity (Wildman–Crippen MR) is 191 cm³/mol. The highest BCUT2D eigenvalue weighted by molar-refractivity contribution is 6.24. The molecule has 0 bridgehead atoms. The average Bonchev–Trinajstić information content (AvgIpc) is 3.43. The Balaban J connectivity index is 0.833. The number of benzene rings is 3. The quantitative estimate of drug-likeness (QED) is 0.165. The van der Waals surface area contributed by atoms with Crippen LogP contribution in [0.1, 0.15) is 57.1 Å². The van der Waals surface area contributed by atoms with Crippen LogP contribution >= 0.6 is 0 Å². The number of amides is 6. The van der Waals surface area contributed by atoms with Crippen LogP contribution in [-0.2, 0) is 28.7 Å². The largest absolute Gasteiger partial charge is 0.483 e. The molecule has 53 heavy (non-hydrogen) atoms. The maximum Gasteiger partial charge on any atom is 0.266 e. The van der Waals surface area contributed by atoms with E-state index in [0.29, 0.717) is 19.7 Å². The standard InChI is InChI=1S/C39H43N5O9/c45-32-15-14-30(37(48)41-32)44-38(49)29-12-7-13-31(35(29)39(44)50)53-26-33(46)40-17-23-52-25-24-51-22-16-34(47)42-18-20-43(21-19-42)36(27-8-3-1-4-9-27)28-10-5-2-6-11-28/h1-13,30,36H,14-26H2,(H,40,46)(H,41,45,48). The molecule has 6 amide bonds. The van der Waals surface area contributed by atoms with E-state index in [4.69, 9.17) is 14.2 Å². The van der Waals surface area contributed by atoms with Gasteiger partial charge in [0.25, 0.3) is 17.7 Å². The molecule has 0 radical (unpaired) electrons. The number of nitrogens with one attached hydrogen (secondary N) is 2. The summed E-state index contributed by atoms with van der Waals surface area (Å²) in [6, 6.07) is 24.4. The van der Waals surface area contributed by atoms with Gasteiger partial charge >= 0.3 is 0 Å². The van der Waals surface area contributed by atoms with E-state index in [9.17, 15) is 28.8 Å². The first kappa shape index (κ1) is 37.3. The Morgan fingerprint density at radius 2 is 1.43 bits per heavy atom. The van der Waals surface area contributed by atoms with Crippen molar-refractivity contribution in [3.63, 3.8) is 0 Å². The maximum atomic E-state index is 13.2. The molecule has 1 atom stereocenters. The summed E-state index contributed by atoms with van der Waals surface area (Å²) in [5, 5.41) is 4.82. The van der Waals surface area contributed by atoms with Crippen molar-refractivity contribution in [3.05, 3.63) is 101 Å². The van der Waals surface area contributed by atoms with Gasteiger partial charge in [-0.15, -0.1) is 0 Å². The summed E-state index contributed by atoms with van der Waals surface area (Å²) in [7, 11) is 0. The van der Waals surface area contributed by atoms with Crippen LogP contribution in [0.4, 0.5) is 0 Å². The highest BCUT2D eigenvalue weighted by Crippen LogP contribution is 2.34. The molecular formula is C39H43N5O9. The number of hydrogen-bond acceptors (Lipinski definition) is 10. The Morgan fingerprint density at radius 3 is 2.09 bits per heavy atom. The van der Waals surface area contributed by atoms with Crippen molar-refractivity contribution in [2.75, 3.05) is 65.8 Å². The van der Waals surface area contributed by atoms with Gasteiger partial charge in [-0.3, -0.25) is 43.9 Å². The molecule has 1 unspecified atom stereocenters. The summed E-state index contributed by atoms with van der Waals surface area (Å²) >= 11 is 0. The number of imide groups is 2. The van der Waals surface area contributed by atoms with Crippen LogP contribution in [0.2, 0.25) is 0 Å². The SMILES string of the molecule is O=C(COc1cccc2c1C(=O)N(C1CCC(=O)NC1=O)C2=O)NCCOCCOCCC(=O)N1CCN(C(c2ccccc2)c2ccccc2)CC1. The summed E-state index contributed by atoms with van der Waals surface area (Å²) in [6.07, 6.45) is 0.333. The van der Waals surface area contributed by atoms with Crippen molar-refractivity contribution < 1.29 is 43.0 Å². The molecule has 14 nitrogen and oxygen atoms in total. The van der Waals surface area contributed by atoms with Gasteiger partial charge in [-0.05, 0) is 29.7 Å². The molecule has 6 rings (SSSR count). The summed E-state index contributed by atoms with van der Waals surface area (Å²) in [5.74, 6) is -2.90. The van der Waals surface area contributed by atoms with Crippen LogP contribution < -0.4 is 15.4 Å². The Labute approximate surface area is 307 Å². The van der Waals surface area contributed by atoms with Gasteiger partial charge in [-0.1, -0.05) is 66.7 Å². The Morgan fingerprint density at radius 1 is 0.774 bits per heavy atom. The van der Waals surface area contributed by atoms with Gasteiger partial charge in [0.05, 0.1) is 50.0 Å². The second-order valence-corrected chi connectivity index (χ2v) is 12.9. The summed E-state index contributed by atoms with van der Waals surface area (Å²) in [5.41, 5.74) is 2.50. The fourth-order valence-corrected chi connectivity index (χ4v) is 6.82. The number of nitrogens with zero attached hydrogens (tertiary/aromatic N) is 3. The van der Waals surface area contributed by atoms with Crippen molar-refractivity contribution in [3.8, 4) is 5.75 Å². The van der Waals surface area contributed by atoms with Crippen molar-refractivity contribution in [2.24, 2.45) is 0 Å². The van der Waals surface area contributed by atoms with E-state index in [2.05, 4.69) is 64.1 Å². The first-order valence-electron chi connectivity index (χ1n) is 17.8. The topological polar surface area (TPSA) is 164 Å². The minimum absolute atomic E-state index is 0.0102. The highest BCUT2D eigenvalue weighted by Gasteiger charge is 2.46. The molecule has 3 aromatic carbocycles. The van der Waals surface area contributed by atoms with Crippen LogP contribution in [0.5, 0.6) is 5.75 Å². The fourth-order valence-electron chi connectivity index (χ4n) is 6.82. The van der Waals surface area contributed by atoms with Crippen LogP contribution in [0.15, 0.2) is 78.9 Å². The van der Waals surface area contributed by atoms with Gasteiger partial charge in [-0.2, -0.15) is 0 Å². The number of carbonyl (C=O) groups excluding carboxylic acids is 6. The second kappa shape index (κ2) is 17.9. The molecular weight excluding hydrogens is 682 g/mol. The van der Waals surface area contributed by atoms with E-state index in [-0.39, 0.29) is 74.5 Å². The third-order valence-electron chi connectivity index (χ3n) is 9.45. The van der Waals surface area contributed by atoms with Crippen LogP contribution in [0, 0.1) is 0 Å². The Kier molecular flexibility index (Phi) is 12.6. The molecule has 0 spiro atoms. The smallest absolute Gasteiger partial charge is 0.266 e. The maximum absolute atomic E-state index is 13.2. The van der Waals surface area contributed by atoms with Crippen LogP contribution in [-0.4, -0.2) is 122 Å². The summed E-state index contributed by atoms with van der Waals surface area (Å²) < 4.78 is 16.7. The van der Waals surface area contributed by atoms with Gasteiger partial charge in [-0.25, -0.2) is 0 Å². The van der Waals surface area contributed by atoms with Crippen LogP contribution in [0.25, 0.3) is 0 Å². The van der Waals surface area contributed by atoms with E-state index in [1.54, 1.807) is 0 Å². The average molecular weight is 726 g/mol. The van der Waals surface area contributed by atoms with Gasteiger partial charge < -0.3 is 24.4 Å². The molecule has 2 fully saturated rings. The molecule has 3 aliphatic rings. The summed E-state index contributed by atoms with van der Waals surface area (Å²) in [6.45, 7) is 3.75. The van der Waals surface area contributed by atoms with Crippen molar-refractivity contribution in [1.29, 1.82) is 0 Å². The predicted octanol–water partition coefficient (Wildman–Crippen LogP) is 1.94. The van der Waals surface area contributed by atoms with Crippen LogP contribution in [0.3, 0.4) is 0 Å². The van der Waals surface area contributed by atoms with E-state index in [1.165, 1.54) is 29.3 Å². The zero-order valence-corrected chi connectivity index (χ0v) is 29.4. The number of hydrogen-bond donors (Lipinski definition) is 2. The van der Waals surface area contributed by atoms with Crippen molar-refractivity contribution in [2.45, 2.75) is 31.3 Å². The molecule has 278 valence electrons. The molecule has 3 heterocycles. The van der Waals surface area contributed by atoms with Crippen molar-refractivity contribution >= 4 is 35.4 Å². The monoisotopic (exact) mass is 725 g/mol. The third-order valence-corrected chi connectivity index (χ3v) is 9.45. The number of piperazine rings is 1. The number of fused-ring (bicyclic) bond motifs is 1. The second-order valence-electron chi connectivity index (χ2n) is 12.9. The lowest BCUT2D eigenvalue weighted by Crippen LogP contribution is -2.54.